The van der Waals surface area contributed by atoms with Crippen LogP contribution in [0.4, 0.5) is 0 Å². The average molecular weight is 301 g/mol. The SMILES string of the molecule is Cc1cccc2c(=O)n(CC(=O)N(CCO)C3CC3)cnc12. The molecule has 22 heavy (non-hydrogen) atoms. The van der Waals surface area contributed by atoms with Crippen molar-refractivity contribution in [2.45, 2.75) is 32.4 Å². The molecule has 116 valence electrons. The number of carbonyl (C=O) groups excluding carboxylic acids is 1. The predicted molar refractivity (Wildman–Crippen MR) is 82.6 cm³/mol. The third-order valence-electron chi connectivity index (χ3n) is 4.01. The first-order chi connectivity index (χ1) is 10.6. The lowest BCUT2D eigenvalue weighted by Gasteiger charge is -2.21. The van der Waals surface area contributed by atoms with E-state index in [1.807, 2.05) is 19.1 Å². The van der Waals surface area contributed by atoms with Crippen LogP contribution in [0.2, 0.25) is 0 Å². The lowest BCUT2D eigenvalue weighted by atomic mass is 10.1. The summed E-state index contributed by atoms with van der Waals surface area (Å²) in [5, 5.41) is 9.60. The second kappa shape index (κ2) is 5.88. The number of amides is 1. The monoisotopic (exact) mass is 301 g/mol. The number of aliphatic hydroxyl groups excluding tert-OH is 1. The van der Waals surface area contributed by atoms with E-state index in [2.05, 4.69) is 4.98 Å². The number of carbonyl (C=O) groups is 1. The number of rotatable bonds is 5. The van der Waals surface area contributed by atoms with Gasteiger partial charge in [-0.3, -0.25) is 14.2 Å². The summed E-state index contributed by atoms with van der Waals surface area (Å²) in [5.41, 5.74) is 1.40. The highest BCUT2D eigenvalue weighted by Crippen LogP contribution is 2.26. The number of nitrogens with zero attached hydrogens (tertiary/aromatic N) is 3. The first-order valence-electron chi connectivity index (χ1n) is 7.47. The third-order valence-corrected chi connectivity index (χ3v) is 4.01. The Bertz CT molecular complexity index is 765. The van der Waals surface area contributed by atoms with Crippen molar-refractivity contribution in [3.63, 3.8) is 0 Å². The van der Waals surface area contributed by atoms with Crippen LogP contribution in [0.5, 0.6) is 0 Å². The van der Waals surface area contributed by atoms with E-state index in [0.29, 0.717) is 17.4 Å². The molecule has 1 amide bonds. The van der Waals surface area contributed by atoms with Gasteiger partial charge in [0.05, 0.1) is 23.8 Å². The Morgan fingerprint density at radius 3 is 2.91 bits per heavy atom. The Labute approximate surface area is 128 Å². The van der Waals surface area contributed by atoms with Crippen LogP contribution in [0.25, 0.3) is 10.9 Å². The molecule has 1 aromatic carbocycles. The van der Waals surface area contributed by atoms with Gasteiger partial charge < -0.3 is 10.0 Å². The molecule has 6 heteroatoms. The fourth-order valence-electron chi connectivity index (χ4n) is 2.69. The minimum absolute atomic E-state index is 0.0355. The summed E-state index contributed by atoms with van der Waals surface area (Å²) in [6.07, 6.45) is 3.37. The molecule has 0 spiro atoms. The smallest absolute Gasteiger partial charge is 0.261 e. The first kappa shape index (κ1) is 14.7. The van der Waals surface area contributed by atoms with Gasteiger partial charge in [-0.05, 0) is 31.4 Å². The van der Waals surface area contributed by atoms with Crippen LogP contribution < -0.4 is 5.56 Å². The highest BCUT2D eigenvalue weighted by Gasteiger charge is 2.32. The molecule has 0 saturated heterocycles. The van der Waals surface area contributed by atoms with Gasteiger partial charge in [0.1, 0.15) is 6.54 Å². The lowest BCUT2D eigenvalue weighted by molar-refractivity contribution is -0.133. The van der Waals surface area contributed by atoms with Gasteiger partial charge in [-0.2, -0.15) is 0 Å². The summed E-state index contributed by atoms with van der Waals surface area (Å²) < 4.78 is 1.34. The summed E-state index contributed by atoms with van der Waals surface area (Å²) in [7, 11) is 0. The minimum Gasteiger partial charge on any atom is -0.395 e. The highest BCUT2D eigenvalue weighted by atomic mass is 16.3. The fraction of sp³-hybridized carbons (Fsp3) is 0.438. The van der Waals surface area contributed by atoms with Crippen LogP contribution in [0.3, 0.4) is 0 Å². The van der Waals surface area contributed by atoms with Crippen molar-refractivity contribution in [3.05, 3.63) is 40.4 Å². The van der Waals surface area contributed by atoms with Crippen molar-refractivity contribution >= 4 is 16.8 Å². The standard InChI is InChI=1S/C16H19N3O3/c1-11-3-2-4-13-15(11)17-10-18(16(13)22)9-14(21)19(7-8-20)12-5-6-12/h2-4,10,12,20H,5-9H2,1H3. The Balaban J connectivity index is 1.89. The largest absolute Gasteiger partial charge is 0.395 e. The van der Waals surface area contributed by atoms with Crippen molar-refractivity contribution in [1.29, 1.82) is 0 Å². The fourth-order valence-corrected chi connectivity index (χ4v) is 2.69. The van der Waals surface area contributed by atoms with Crippen molar-refractivity contribution in [2.24, 2.45) is 0 Å². The molecule has 1 N–H and O–H groups in total. The molecular weight excluding hydrogens is 282 g/mol. The minimum atomic E-state index is -0.207. The normalized spacial score (nSPS) is 14.3. The second-order valence-corrected chi connectivity index (χ2v) is 5.69. The molecule has 1 aliphatic carbocycles. The Morgan fingerprint density at radius 2 is 2.23 bits per heavy atom. The summed E-state index contributed by atoms with van der Waals surface area (Å²) >= 11 is 0. The summed E-state index contributed by atoms with van der Waals surface area (Å²) in [6.45, 7) is 2.12. The highest BCUT2D eigenvalue weighted by molar-refractivity contribution is 5.81. The van der Waals surface area contributed by atoms with Crippen LogP contribution in [-0.2, 0) is 11.3 Å². The first-order valence-corrected chi connectivity index (χ1v) is 7.47. The van der Waals surface area contributed by atoms with Crippen LogP contribution in [0.15, 0.2) is 29.3 Å². The molecule has 0 bridgehead atoms. The van der Waals surface area contributed by atoms with E-state index in [4.69, 9.17) is 5.11 Å². The summed E-state index contributed by atoms with van der Waals surface area (Å²) in [5.74, 6) is -0.146. The molecule has 0 radical (unpaired) electrons. The van der Waals surface area contributed by atoms with Gasteiger partial charge in [-0.1, -0.05) is 12.1 Å². The second-order valence-electron chi connectivity index (χ2n) is 5.69. The number of aryl methyl sites for hydroxylation is 1. The predicted octanol–water partition coefficient (Wildman–Crippen LogP) is 0.688. The van der Waals surface area contributed by atoms with Crippen molar-refractivity contribution in [2.75, 3.05) is 13.2 Å². The van der Waals surface area contributed by atoms with E-state index in [9.17, 15) is 9.59 Å². The Morgan fingerprint density at radius 1 is 1.45 bits per heavy atom. The van der Waals surface area contributed by atoms with E-state index in [1.54, 1.807) is 11.0 Å². The number of fused-ring (bicyclic) bond motifs is 1. The number of para-hydroxylation sites is 1. The van der Waals surface area contributed by atoms with Gasteiger partial charge in [0.15, 0.2) is 0 Å². The zero-order valence-electron chi connectivity index (χ0n) is 12.5. The van der Waals surface area contributed by atoms with Gasteiger partial charge >= 0.3 is 0 Å². The van der Waals surface area contributed by atoms with Crippen LogP contribution >= 0.6 is 0 Å². The molecular formula is C16H19N3O3. The van der Waals surface area contributed by atoms with Crippen molar-refractivity contribution < 1.29 is 9.90 Å². The van der Waals surface area contributed by atoms with Gasteiger partial charge in [-0.25, -0.2) is 4.98 Å². The van der Waals surface area contributed by atoms with E-state index in [-0.39, 0.29) is 30.7 Å². The van der Waals surface area contributed by atoms with Gasteiger partial charge in [0.25, 0.3) is 5.56 Å². The molecule has 1 heterocycles. The zero-order valence-corrected chi connectivity index (χ0v) is 12.5. The molecule has 1 fully saturated rings. The third kappa shape index (κ3) is 2.74. The average Bonchev–Trinajstić information content (AvgIpc) is 3.33. The Kier molecular flexibility index (Phi) is 3.94. The van der Waals surface area contributed by atoms with Crippen LogP contribution in [-0.4, -0.2) is 44.7 Å². The number of hydrogen-bond donors (Lipinski definition) is 1. The van der Waals surface area contributed by atoms with E-state index in [0.717, 1.165) is 18.4 Å². The zero-order chi connectivity index (χ0) is 15.7. The molecule has 3 rings (SSSR count). The lowest BCUT2D eigenvalue weighted by Crippen LogP contribution is -2.39. The maximum absolute atomic E-state index is 12.5. The van der Waals surface area contributed by atoms with E-state index < -0.39 is 0 Å². The molecule has 1 aliphatic rings. The maximum Gasteiger partial charge on any atom is 0.261 e. The summed E-state index contributed by atoms with van der Waals surface area (Å²) in [6, 6.07) is 5.66. The summed E-state index contributed by atoms with van der Waals surface area (Å²) in [4.78, 5) is 30.8. The molecule has 6 nitrogen and oxygen atoms in total. The van der Waals surface area contributed by atoms with Crippen molar-refractivity contribution in [1.82, 2.24) is 14.5 Å². The molecule has 1 aromatic heterocycles. The van der Waals surface area contributed by atoms with E-state index in [1.165, 1.54) is 10.9 Å². The molecule has 0 unspecified atom stereocenters. The number of aromatic nitrogens is 2. The van der Waals surface area contributed by atoms with Gasteiger partial charge in [-0.15, -0.1) is 0 Å². The quantitative estimate of drug-likeness (QED) is 0.881. The molecule has 0 atom stereocenters. The number of aliphatic hydroxyl groups is 1. The topological polar surface area (TPSA) is 75.4 Å². The van der Waals surface area contributed by atoms with Crippen molar-refractivity contribution in [3.8, 4) is 0 Å². The molecule has 2 aromatic rings. The molecule has 0 aliphatic heterocycles. The van der Waals surface area contributed by atoms with Gasteiger partial charge in [0, 0.05) is 12.6 Å². The maximum atomic E-state index is 12.5. The number of benzene rings is 1. The van der Waals surface area contributed by atoms with Gasteiger partial charge in [0.2, 0.25) is 5.91 Å². The molecule has 1 saturated carbocycles. The number of hydrogen-bond acceptors (Lipinski definition) is 4. The van der Waals surface area contributed by atoms with Crippen LogP contribution in [0, 0.1) is 6.92 Å². The van der Waals surface area contributed by atoms with E-state index >= 15 is 0 Å². The van der Waals surface area contributed by atoms with Crippen LogP contribution in [0.1, 0.15) is 18.4 Å². The Hall–Kier alpha value is -2.21.